The van der Waals surface area contributed by atoms with Crippen molar-refractivity contribution < 1.29 is 14.3 Å². The van der Waals surface area contributed by atoms with E-state index in [0.717, 1.165) is 36.7 Å². The van der Waals surface area contributed by atoms with E-state index in [1.165, 1.54) is 0 Å². The summed E-state index contributed by atoms with van der Waals surface area (Å²) in [5.41, 5.74) is 1.11. The van der Waals surface area contributed by atoms with Crippen LogP contribution in [-0.2, 0) is 0 Å². The first-order valence-corrected chi connectivity index (χ1v) is 14.9. The van der Waals surface area contributed by atoms with Crippen LogP contribution in [0.1, 0.15) is 21.6 Å². The summed E-state index contributed by atoms with van der Waals surface area (Å²) in [6.07, 6.45) is 0. The fourth-order valence-electron chi connectivity index (χ4n) is 5.54. The molecule has 0 saturated carbocycles. The molecule has 44 heavy (non-hydrogen) atoms. The van der Waals surface area contributed by atoms with Gasteiger partial charge in [0.2, 0.25) is 5.69 Å². The zero-order valence-electron chi connectivity index (χ0n) is 24.5. The Morgan fingerprint density at radius 3 is 2.32 bits per heavy atom. The smallest absolute Gasteiger partial charge is 0.349 e. The van der Waals surface area contributed by atoms with Gasteiger partial charge in [0.25, 0.3) is 11.5 Å². The van der Waals surface area contributed by atoms with Gasteiger partial charge in [-0.3, -0.25) is 14.6 Å². The Bertz CT molecular complexity index is 1980. The number of nitrogens with zero attached hydrogens (tertiary/aromatic N) is 4. The van der Waals surface area contributed by atoms with Gasteiger partial charge in [0, 0.05) is 37.3 Å². The van der Waals surface area contributed by atoms with E-state index in [-0.39, 0.29) is 5.69 Å². The molecular formula is C33H30BrN5O5. The van der Waals surface area contributed by atoms with E-state index in [9.17, 15) is 14.4 Å². The number of benzene rings is 4. The number of methoxy groups -OCH3 is 1. The van der Waals surface area contributed by atoms with Gasteiger partial charge in [0.15, 0.2) is 0 Å². The highest BCUT2D eigenvalue weighted by atomic mass is 79.9. The minimum atomic E-state index is -0.814. The summed E-state index contributed by atoms with van der Waals surface area (Å²) in [6, 6.07) is 23.2. The van der Waals surface area contributed by atoms with Crippen LogP contribution in [-0.4, -0.2) is 58.9 Å². The molecule has 1 fully saturated rings. The van der Waals surface area contributed by atoms with Crippen LogP contribution in [0.4, 0.5) is 5.69 Å². The lowest BCUT2D eigenvalue weighted by Crippen LogP contribution is -2.50. The van der Waals surface area contributed by atoms with Crippen LogP contribution < -0.4 is 25.6 Å². The SMILES string of the molecule is COc1ccc(Oc2c(C)cc(-n3nc(C(=O)N4CCN(c5cccc6ccccc56)CC4)c(=O)[nH]c3=O)cc2C)cc1Br. The first-order valence-electron chi connectivity index (χ1n) is 14.1. The summed E-state index contributed by atoms with van der Waals surface area (Å²) in [5.74, 6) is 1.38. The van der Waals surface area contributed by atoms with Crippen molar-refractivity contribution in [3.63, 3.8) is 0 Å². The van der Waals surface area contributed by atoms with Gasteiger partial charge in [-0.2, -0.15) is 9.78 Å². The number of piperazine rings is 1. The second-order valence-electron chi connectivity index (χ2n) is 10.6. The molecule has 1 saturated heterocycles. The first-order chi connectivity index (χ1) is 21.2. The molecule has 0 aliphatic carbocycles. The molecule has 4 aromatic carbocycles. The maximum atomic E-state index is 13.5. The monoisotopic (exact) mass is 655 g/mol. The van der Waals surface area contributed by atoms with E-state index in [1.807, 2.05) is 32.0 Å². The molecule has 0 atom stereocenters. The number of carbonyl (C=O) groups excluding carboxylic acids is 1. The van der Waals surface area contributed by atoms with Gasteiger partial charge in [-0.25, -0.2) is 4.79 Å². The van der Waals surface area contributed by atoms with Gasteiger partial charge in [-0.05, 0) is 82.7 Å². The lowest BCUT2D eigenvalue weighted by Gasteiger charge is -2.36. The summed E-state index contributed by atoms with van der Waals surface area (Å²) in [7, 11) is 1.59. The van der Waals surface area contributed by atoms with Crippen molar-refractivity contribution in [3.05, 3.63) is 115 Å². The molecule has 5 aromatic rings. The van der Waals surface area contributed by atoms with E-state index in [2.05, 4.69) is 55.2 Å². The number of nitrogens with one attached hydrogen (secondary N) is 1. The van der Waals surface area contributed by atoms with Crippen molar-refractivity contribution >= 4 is 38.3 Å². The highest BCUT2D eigenvalue weighted by molar-refractivity contribution is 9.10. The Kier molecular flexibility index (Phi) is 7.96. The predicted octanol–water partition coefficient (Wildman–Crippen LogP) is 5.22. The quantitative estimate of drug-likeness (QED) is 0.267. The van der Waals surface area contributed by atoms with Crippen molar-refractivity contribution in [1.29, 1.82) is 0 Å². The predicted molar refractivity (Wildman–Crippen MR) is 173 cm³/mol. The number of fused-ring (bicyclic) bond motifs is 1. The molecule has 0 bridgehead atoms. The van der Waals surface area contributed by atoms with E-state index in [4.69, 9.17) is 9.47 Å². The first kappa shape index (κ1) is 29.2. The number of halogens is 1. The molecule has 0 radical (unpaired) electrons. The number of H-pyrrole nitrogens is 1. The average Bonchev–Trinajstić information content (AvgIpc) is 3.02. The summed E-state index contributed by atoms with van der Waals surface area (Å²) >= 11 is 3.47. The van der Waals surface area contributed by atoms with Gasteiger partial charge in [-0.1, -0.05) is 36.4 Å². The largest absolute Gasteiger partial charge is 0.496 e. The van der Waals surface area contributed by atoms with Crippen LogP contribution in [0, 0.1) is 13.8 Å². The zero-order chi connectivity index (χ0) is 31.0. The molecule has 11 heteroatoms. The molecule has 0 spiro atoms. The Morgan fingerprint density at radius 1 is 0.909 bits per heavy atom. The second kappa shape index (κ2) is 12.0. The Hall–Kier alpha value is -4.90. The number of amides is 1. The topological polar surface area (TPSA) is 110 Å². The van der Waals surface area contributed by atoms with E-state index < -0.39 is 17.2 Å². The number of carbonyl (C=O) groups is 1. The van der Waals surface area contributed by atoms with Crippen LogP contribution in [0.2, 0.25) is 0 Å². The normalized spacial score (nSPS) is 13.3. The minimum absolute atomic E-state index is 0.332. The maximum absolute atomic E-state index is 13.5. The third-order valence-corrected chi connectivity index (χ3v) is 8.36. The van der Waals surface area contributed by atoms with Crippen LogP contribution in [0.3, 0.4) is 0 Å². The van der Waals surface area contributed by atoms with Gasteiger partial charge < -0.3 is 19.3 Å². The molecule has 1 amide bonds. The third-order valence-electron chi connectivity index (χ3n) is 7.74. The van der Waals surface area contributed by atoms with E-state index in [1.54, 1.807) is 42.3 Å². The molecule has 1 aromatic heterocycles. The van der Waals surface area contributed by atoms with Crippen LogP contribution in [0.25, 0.3) is 16.5 Å². The summed E-state index contributed by atoms with van der Waals surface area (Å²) in [4.78, 5) is 45.3. The second-order valence-corrected chi connectivity index (χ2v) is 11.5. The Morgan fingerprint density at radius 2 is 1.61 bits per heavy atom. The fourth-order valence-corrected chi connectivity index (χ4v) is 6.06. The molecule has 10 nitrogen and oxygen atoms in total. The summed E-state index contributed by atoms with van der Waals surface area (Å²) in [6.45, 7) is 5.72. The van der Waals surface area contributed by atoms with Crippen molar-refractivity contribution in [2.75, 3.05) is 38.2 Å². The number of hydrogen-bond donors (Lipinski definition) is 1. The van der Waals surface area contributed by atoms with Gasteiger partial charge >= 0.3 is 5.69 Å². The molecule has 0 unspecified atom stereocenters. The molecule has 1 aliphatic rings. The van der Waals surface area contributed by atoms with Gasteiger partial charge in [0.1, 0.15) is 17.2 Å². The molecule has 1 N–H and O–H groups in total. The van der Waals surface area contributed by atoms with Gasteiger partial charge in [0.05, 0.1) is 17.3 Å². The van der Waals surface area contributed by atoms with E-state index >= 15 is 0 Å². The highest BCUT2D eigenvalue weighted by Crippen LogP contribution is 2.35. The molecule has 1 aliphatic heterocycles. The molecular weight excluding hydrogens is 626 g/mol. The number of hydrogen-bond acceptors (Lipinski definition) is 7. The third kappa shape index (κ3) is 5.58. The summed E-state index contributed by atoms with van der Waals surface area (Å²) in [5, 5.41) is 6.56. The lowest BCUT2D eigenvalue weighted by atomic mass is 10.1. The van der Waals surface area contributed by atoms with Crippen molar-refractivity contribution in [2.45, 2.75) is 13.8 Å². The van der Waals surface area contributed by atoms with Crippen LogP contribution >= 0.6 is 15.9 Å². The number of ether oxygens (including phenoxy) is 2. The van der Waals surface area contributed by atoms with Crippen LogP contribution in [0.5, 0.6) is 17.2 Å². The maximum Gasteiger partial charge on any atom is 0.349 e. The lowest BCUT2D eigenvalue weighted by molar-refractivity contribution is 0.0736. The van der Waals surface area contributed by atoms with Gasteiger partial charge in [-0.15, -0.1) is 0 Å². The minimum Gasteiger partial charge on any atom is -0.496 e. The molecule has 2 heterocycles. The number of anilines is 1. The van der Waals surface area contributed by atoms with E-state index in [0.29, 0.717) is 49.1 Å². The standard InChI is InChI=1S/C33H30BrN5O5/c1-20-17-23(18-21(2)30(20)44-24-11-12-28(43-3)26(34)19-24)39-33(42)35-31(40)29(36-39)32(41)38-15-13-37(14-16-38)27-10-6-8-22-7-4-5-9-25(22)27/h4-12,17-19H,13-16H2,1-3H3,(H,35,40,42). The number of aryl methyl sites for hydroxylation is 2. The average molecular weight is 657 g/mol. The van der Waals surface area contributed by atoms with Crippen molar-refractivity contribution in [3.8, 4) is 22.9 Å². The number of aromatic amines is 1. The number of aromatic nitrogens is 3. The number of rotatable bonds is 6. The zero-order valence-corrected chi connectivity index (χ0v) is 26.1. The Labute approximate surface area is 261 Å². The Balaban J connectivity index is 1.23. The van der Waals surface area contributed by atoms with Crippen molar-refractivity contribution in [1.82, 2.24) is 19.7 Å². The van der Waals surface area contributed by atoms with Crippen LogP contribution in [0.15, 0.2) is 86.9 Å². The molecule has 6 rings (SSSR count). The summed E-state index contributed by atoms with van der Waals surface area (Å²) < 4.78 is 13.2. The molecule has 224 valence electrons. The highest BCUT2D eigenvalue weighted by Gasteiger charge is 2.27. The van der Waals surface area contributed by atoms with Crippen molar-refractivity contribution in [2.24, 2.45) is 0 Å². The fraction of sp³-hybridized carbons (Fsp3) is 0.212.